The van der Waals surface area contributed by atoms with Crippen molar-refractivity contribution in [3.05, 3.63) is 0 Å². The lowest BCUT2D eigenvalue weighted by Crippen LogP contribution is -2.49. The van der Waals surface area contributed by atoms with Crippen LogP contribution in [0.15, 0.2) is 0 Å². The van der Waals surface area contributed by atoms with Gasteiger partial charge < -0.3 is 5.11 Å². The Kier molecular flexibility index (Phi) is 4.76. The summed E-state index contributed by atoms with van der Waals surface area (Å²) >= 11 is 0. The maximum Gasteiger partial charge on any atom is 0.236 e. The Morgan fingerprint density at radius 2 is 1.71 bits per heavy atom. The van der Waals surface area contributed by atoms with E-state index in [2.05, 4.69) is 0 Å². The monoisotopic (exact) mass is 295 g/mol. The SMILES string of the molecule is CC(C)(C)C(CCO)N1C(=O)CC2(CCCCCC2)C1=O. The van der Waals surface area contributed by atoms with Gasteiger partial charge in [-0.1, -0.05) is 46.5 Å². The van der Waals surface area contributed by atoms with Crippen LogP contribution in [0, 0.1) is 10.8 Å². The van der Waals surface area contributed by atoms with Crippen molar-refractivity contribution in [3.63, 3.8) is 0 Å². The lowest BCUT2D eigenvalue weighted by atomic mass is 9.78. The van der Waals surface area contributed by atoms with Crippen molar-refractivity contribution in [2.45, 2.75) is 78.2 Å². The molecule has 0 bridgehead atoms. The summed E-state index contributed by atoms with van der Waals surface area (Å²) in [5.41, 5.74) is -0.642. The van der Waals surface area contributed by atoms with Gasteiger partial charge in [-0.15, -0.1) is 0 Å². The van der Waals surface area contributed by atoms with Gasteiger partial charge in [-0.05, 0) is 24.7 Å². The number of amides is 2. The Morgan fingerprint density at radius 1 is 1.14 bits per heavy atom. The van der Waals surface area contributed by atoms with Crippen LogP contribution < -0.4 is 0 Å². The van der Waals surface area contributed by atoms with E-state index < -0.39 is 5.41 Å². The smallest absolute Gasteiger partial charge is 0.236 e. The second-order valence-corrected chi connectivity index (χ2v) is 7.83. The first kappa shape index (κ1) is 16.5. The van der Waals surface area contributed by atoms with E-state index in [9.17, 15) is 14.7 Å². The van der Waals surface area contributed by atoms with Crippen molar-refractivity contribution < 1.29 is 14.7 Å². The van der Waals surface area contributed by atoms with E-state index in [1.165, 1.54) is 17.7 Å². The Morgan fingerprint density at radius 3 is 2.19 bits per heavy atom. The number of imide groups is 1. The van der Waals surface area contributed by atoms with Crippen LogP contribution in [0.5, 0.6) is 0 Å². The standard InChI is InChI=1S/C17H29NO3/c1-16(2,3)13(8-11-19)18-14(20)12-17(15(18)21)9-6-4-5-7-10-17/h13,19H,4-12H2,1-3H3. The van der Waals surface area contributed by atoms with Crippen molar-refractivity contribution in [2.75, 3.05) is 6.61 Å². The Balaban J connectivity index is 2.28. The van der Waals surface area contributed by atoms with E-state index in [1.54, 1.807) is 0 Å². The van der Waals surface area contributed by atoms with Crippen LogP contribution in [0.4, 0.5) is 0 Å². The summed E-state index contributed by atoms with van der Waals surface area (Å²) in [6.07, 6.45) is 6.99. The van der Waals surface area contributed by atoms with Crippen LogP contribution >= 0.6 is 0 Å². The molecular formula is C17H29NO3. The zero-order valence-corrected chi connectivity index (χ0v) is 13.7. The normalized spacial score (nSPS) is 24.5. The van der Waals surface area contributed by atoms with Gasteiger partial charge in [-0.2, -0.15) is 0 Å². The van der Waals surface area contributed by atoms with Crippen molar-refractivity contribution in [2.24, 2.45) is 10.8 Å². The lowest BCUT2D eigenvalue weighted by molar-refractivity contribution is -0.147. The van der Waals surface area contributed by atoms with Crippen LogP contribution in [-0.4, -0.2) is 34.5 Å². The molecule has 2 amide bonds. The molecule has 120 valence electrons. The first-order valence-corrected chi connectivity index (χ1v) is 8.29. The minimum absolute atomic E-state index is 0.00595. The summed E-state index contributed by atoms with van der Waals surface area (Å²) in [4.78, 5) is 27.1. The molecule has 1 aliphatic carbocycles. The average Bonchev–Trinajstić information content (AvgIpc) is 2.58. The number of hydrogen-bond donors (Lipinski definition) is 1. The maximum atomic E-state index is 13.0. The largest absolute Gasteiger partial charge is 0.396 e. The zero-order valence-electron chi connectivity index (χ0n) is 13.7. The molecule has 1 heterocycles. The molecule has 2 fully saturated rings. The highest BCUT2D eigenvalue weighted by molar-refractivity contribution is 6.06. The number of hydrogen-bond acceptors (Lipinski definition) is 3. The molecule has 4 nitrogen and oxygen atoms in total. The highest BCUT2D eigenvalue weighted by Crippen LogP contribution is 2.46. The summed E-state index contributed by atoms with van der Waals surface area (Å²) in [5, 5.41) is 9.33. The third-order valence-electron chi connectivity index (χ3n) is 5.21. The van der Waals surface area contributed by atoms with Gasteiger partial charge in [0.25, 0.3) is 0 Å². The fourth-order valence-electron chi connectivity index (χ4n) is 4.00. The van der Waals surface area contributed by atoms with Crippen LogP contribution in [0.1, 0.15) is 72.1 Å². The van der Waals surface area contributed by atoms with E-state index in [1.807, 2.05) is 20.8 Å². The van der Waals surface area contributed by atoms with E-state index >= 15 is 0 Å². The predicted octanol–water partition coefficient (Wildman–Crippen LogP) is 2.88. The van der Waals surface area contributed by atoms with Gasteiger partial charge in [-0.25, -0.2) is 0 Å². The molecule has 1 aliphatic heterocycles. The van der Waals surface area contributed by atoms with E-state index in [4.69, 9.17) is 0 Å². The number of aliphatic hydroxyl groups is 1. The fourth-order valence-corrected chi connectivity index (χ4v) is 4.00. The molecule has 0 aromatic carbocycles. The molecule has 0 radical (unpaired) electrons. The number of carbonyl (C=O) groups excluding carboxylic acids is 2. The van der Waals surface area contributed by atoms with Crippen LogP contribution in [0.2, 0.25) is 0 Å². The van der Waals surface area contributed by atoms with Gasteiger partial charge in [0, 0.05) is 19.1 Å². The number of aliphatic hydroxyl groups excluding tert-OH is 1. The van der Waals surface area contributed by atoms with E-state index in [0.29, 0.717) is 12.8 Å². The Hall–Kier alpha value is -0.900. The molecule has 2 rings (SSSR count). The summed E-state index contributed by atoms with van der Waals surface area (Å²) in [6.45, 7) is 6.11. The molecule has 1 saturated heterocycles. The van der Waals surface area contributed by atoms with E-state index in [0.717, 1.165) is 25.7 Å². The predicted molar refractivity (Wildman–Crippen MR) is 81.6 cm³/mol. The van der Waals surface area contributed by atoms with E-state index in [-0.39, 0.29) is 29.9 Å². The van der Waals surface area contributed by atoms with Crippen molar-refractivity contribution in [3.8, 4) is 0 Å². The third kappa shape index (κ3) is 3.15. The molecule has 21 heavy (non-hydrogen) atoms. The molecule has 1 atom stereocenters. The Bertz CT molecular complexity index is 403. The molecule has 1 N–H and O–H groups in total. The molecule has 1 saturated carbocycles. The summed E-state index contributed by atoms with van der Waals surface area (Å²) in [6, 6.07) is -0.204. The highest BCUT2D eigenvalue weighted by Gasteiger charge is 2.54. The second kappa shape index (κ2) is 6.07. The van der Waals surface area contributed by atoms with Crippen molar-refractivity contribution in [1.82, 2.24) is 4.90 Å². The molecule has 1 unspecified atom stereocenters. The fraction of sp³-hybridized carbons (Fsp3) is 0.882. The van der Waals surface area contributed by atoms with Gasteiger partial charge in [-0.3, -0.25) is 14.5 Å². The van der Waals surface area contributed by atoms with Gasteiger partial charge in [0.15, 0.2) is 0 Å². The number of likely N-dealkylation sites (tertiary alicyclic amines) is 1. The lowest BCUT2D eigenvalue weighted by Gasteiger charge is -2.37. The third-order valence-corrected chi connectivity index (χ3v) is 5.21. The molecule has 0 aromatic heterocycles. The molecule has 2 aliphatic rings. The first-order chi connectivity index (χ1) is 9.82. The quantitative estimate of drug-likeness (QED) is 0.815. The van der Waals surface area contributed by atoms with Gasteiger partial charge in [0.1, 0.15) is 0 Å². The summed E-state index contributed by atoms with van der Waals surface area (Å²) in [5.74, 6) is -0.00181. The number of carbonyl (C=O) groups is 2. The van der Waals surface area contributed by atoms with Crippen LogP contribution in [0.3, 0.4) is 0 Å². The van der Waals surface area contributed by atoms with Gasteiger partial charge >= 0.3 is 0 Å². The van der Waals surface area contributed by atoms with Crippen molar-refractivity contribution >= 4 is 11.8 Å². The van der Waals surface area contributed by atoms with Crippen LogP contribution in [-0.2, 0) is 9.59 Å². The molecular weight excluding hydrogens is 266 g/mol. The van der Waals surface area contributed by atoms with Gasteiger partial charge in [0.2, 0.25) is 11.8 Å². The maximum absolute atomic E-state index is 13.0. The first-order valence-electron chi connectivity index (χ1n) is 8.29. The molecule has 0 aromatic rings. The van der Waals surface area contributed by atoms with Crippen LogP contribution in [0.25, 0.3) is 0 Å². The summed E-state index contributed by atoms with van der Waals surface area (Å²) in [7, 11) is 0. The average molecular weight is 295 g/mol. The minimum Gasteiger partial charge on any atom is -0.396 e. The minimum atomic E-state index is -0.438. The topological polar surface area (TPSA) is 57.6 Å². The number of rotatable bonds is 3. The Labute approximate surface area is 127 Å². The molecule has 1 spiro atoms. The molecule has 4 heteroatoms. The second-order valence-electron chi connectivity index (χ2n) is 7.83. The van der Waals surface area contributed by atoms with Crippen molar-refractivity contribution in [1.29, 1.82) is 0 Å². The summed E-state index contributed by atoms with van der Waals surface area (Å²) < 4.78 is 0. The zero-order chi connectivity index (χ0) is 15.7. The van der Waals surface area contributed by atoms with Gasteiger partial charge in [0.05, 0.1) is 5.41 Å². The number of nitrogens with zero attached hydrogens (tertiary/aromatic N) is 1. The highest BCUT2D eigenvalue weighted by atomic mass is 16.3.